The van der Waals surface area contributed by atoms with Gasteiger partial charge >= 0.3 is 0 Å². The normalized spacial score (nSPS) is 11.8. The third-order valence-electron chi connectivity index (χ3n) is 14.1. The summed E-state index contributed by atoms with van der Waals surface area (Å²) in [5, 5.41) is 12.1. The molecule has 0 N–H and O–H groups in total. The van der Waals surface area contributed by atoms with E-state index in [1.165, 1.54) is 59.9 Å². The van der Waals surface area contributed by atoms with Crippen molar-refractivity contribution in [3.8, 4) is 39.1 Å². The molecule has 322 valence electrons. The molecule has 0 unspecified atom stereocenters. The molecule has 0 saturated carbocycles. The van der Waals surface area contributed by atoms with Crippen molar-refractivity contribution >= 4 is 93.1 Å². The molecule has 0 aliphatic carbocycles. The first-order valence-corrected chi connectivity index (χ1v) is 23.6. The van der Waals surface area contributed by atoms with Gasteiger partial charge in [0.1, 0.15) is 11.2 Å². The summed E-state index contributed by atoms with van der Waals surface area (Å²) in [6.07, 6.45) is 0. The number of rotatable bonds is 7. The zero-order valence-electron chi connectivity index (χ0n) is 37.6. The summed E-state index contributed by atoms with van der Waals surface area (Å²) in [6, 6.07) is 92.5. The molecule has 14 rings (SSSR count). The summed E-state index contributed by atoms with van der Waals surface area (Å²) in [7, 11) is 0. The standard InChI is InChI=1S/C66H42N2O/c1-4-20-55-44(13-1)31-38-61-60-37-32-48(42-65(60)69-66(55)61)47-16-12-17-52(40-47)67(51-35-29-45(30-36-51)62-41-49-14-2-3-19-54(49)56-21-5-6-22-57(56)62)50-33-27-43(28-34-50)46-15-11-18-53(39-46)68-63-25-9-7-23-58(63)59-24-8-10-26-64(59)68/h1-42H. The number of fused-ring (bicyclic) bond motifs is 11. The summed E-state index contributed by atoms with van der Waals surface area (Å²) in [6.45, 7) is 0. The van der Waals surface area contributed by atoms with Crippen LogP contribution >= 0.6 is 0 Å². The lowest BCUT2D eigenvalue weighted by Gasteiger charge is -2.26. The molecule has 0 radical (unpaired) electrons. The van der Waals surface area contributed by atoms with Crippen LogP contribution in [0, 0.1) is 0 Å². The minimum Gasteiger partial charge on any atom is -0.455 e. The Bertz CT molecular complexity index is 4260. The maximum atomic E-state index is 6.64. The van der Waals surface area contributed by atoms with Crippen molar-refractivity contribution in [2.45, 2.75) is 0 Å². The van der Waals surface area contributed by atoms with E-state index in [-0.39, 0.29) is 0 Å². The zero-order valence-corrected chi connectivity index (χ0v) is 37.6. The largest absolute Gasteiger partial charge is 0.455 e. The quantitative estimate of drug-likeness (QED) is 0.149. The molecule has 0 atom stereocenters. The number of anilines is 3. The van der Waals surface area contributed by atoms with Gasteiger partial charge in [0, 0.05) is 49.7 Å². The maximum Gasteiger partial charge on any atom is 0.143 e. The zero-order chi connectivity index (χ0) is 45.4. The Balaban J connectivity index is 0.872. The molecule has 0 aliphatic heterocycles. The highest BCUT2D eigenvalue weighted by molar-refractivity contribution is 6.16. The molecule has 3 heteroatoms. The molecule has 0 fully saturated rings. The van der Waals surface area contributed by atoms with Gasteiger partial charge in [-0.2, -0.15) is 0 Å². The van der Waals surface area contributed by atoms with Crippen LogP contribution < -0.4 is 4.90 Å². The van der Waals surface area contributed by atoms with Crippen molar-refractivity contribution in [1.82, 2.24) is 4.57 Å². The van der Waals surface area contributed by atoms with E-state index in [1.54, 1.807) is 0 Å². The van der Waals surface area contributed by atoms with Gasteiger partial charge in [-0.1, -0.05) is 170 Å². The number of nitrogens with zero attached hydrogens (tertiary/aromatic N) is 2. The third kappa shape index (κ3) is 6.43. The van der Waals surface area contributed by atoms with E-state index in [2.05, 4.69) is 264 Å². The van der Waals surface area contributed by atoms with Gasteiger partial charge in [0.15, 0.2) is 0 Å². The Morgan fingerprint density at radius 2 is 0.841 bits per heavy atom. The van der Waals surface area contributed by atoms with Crippen LogP contribution in [0.5, 0.6) is 0 Å². The molecule has 0 spiro atoms. The minimum absolute atomic E-state index is 0.885. The van der Waals surface area contributed by atoms with E-state index in [1.807, 2.05) is 0 Å². The van der Waals surface area contributed by atoms with Crippen LogP contribution in [0.25, 0.3) is 115 Å². The van der Waals surface area contributed by atoms with Crippen molar-refractivity contribution in [2.24, 2.45) is 0 Å². The van der Waals surface area contributed by atoms with Crippen LogP contribution in [0.2, 0.25) is 0 Å². The first-order valence-electron chi connectivity index (χ1n) is 23.6. The minimum atomic E-state index is 0.885. The van der Waals surface area contributed by atoms with Crippen LogP contribution in [0.15, 0.2) is 259 Å². The van der Waals surface area contributed by atoms with Gasteiger partial charge in [-0.25, -0.2) is 0 Å². The number of hydrogen-bond acceptors (Lipinski definition) is 2. The summed E-state index contributed by atoms with van der Waals surface area (Å²) in [5.74, 6) is 0. The van der Waals surface area contributed by atoms with Crippen molar-refractivity contribution in [3.63, 3.8) is 0 Å². The van der Waals surface area contributed by atoms with Gasteiger partial charge in [0.2, 0.25) is 0 Å². The number of aromatic nitrogens is 1. The first kappa shape index (κ1) is 39.0. The smallest absolute Gasteiger partial charge is 0.143 e. The van der Waals surface area contributed by atoms with Crippen LogP contribution in [0.4, 0.5) is 17.1 Å². The molecule has 2 aromatic heterocycles. The Hall–Kier alpha value is -9.18. The summed E-state index contributed by atoms with van der Waals surface area (Å²) < 4.78 is 9.03. The van der Waals surface area contributed by atoms with E-state index in [4.69, 9.17) is 4.42 Å². The second kappa shape index (κ2) is 15.7. The van der Waals surface area contributed by atoms with Gasteiger partial charge in [-0.3, -0.25) is 0 Å². The van der Waals surface area contributed by atoms with Crippen molar-refractivity contribution in [1.29, 1.82) is 0 Å². The second-order valence-electron chi connectivity index (χ2n) is 18.1. The second-order valence-corrected chi connectivity index (χ2v) is 18.1. The Kier molecular flexibility index (Phi) is 8.90. The number of furan rings is 1. The van der Waals surface area contributed by atoms with Crippen LogP contribution in [0.1, 0.15) is 0 Å². The fourth-order valence-electron chi connectivity index (χ4n) is 10.9. The molecule has 69 heavy (non-hydrogen) atoms. The van der Waals surface area contributed by atoms with Crippen molar-refractivity contribution in [3.05, 3.63) is 255 Å². The van der Waals surface area contributed by atoms with E-state index in [0.29, 0.717) is 0 Å². The predicted octanol–water partition coefficient (Wildman–Crippen LogP) is 18.6. The van der Waals surface area contributed by atoms with Gasteiger partial charge in [0.25, 0.3) is 0 Å². The highest BCUT2D eigenvalue weighted by atomic mass is 16.3. The fourth-order valence-corrected chi connectivity index (χ4v) is 10.9. The van der Waals surface area contributed by atoms with Crippen LogP contribution in [-0.2, 0) is 0 Å². The molecule has 0 saturated heterocycles. The molecule has 0 aliphatic rings. The Morgan fingerprint density at radius 1 is 0.290 bits per heavy atom. The van der Waals surface area contributed by atoms with Gasteiger partial charge in [-0.05, 0) is 145 Å². The predicted molar refractivity (Wildman–Crippen MR) is 292 cm³/mol. The van der Waals surface area contributed by atoms with Crippen LogP contribution in [0.3, 0.4) is 0 Å². The molecular formula is C66H42N2O. The lowest BCUT2D eigenvalue weighted by Crippen LogP contribution is -2.10. The van der Waals surface area contributed by atoms with E-state index in [9.17, 15) is 0 Å². The first-order chi connectivity index (χ1) is 34.2. The van der Waals surface area contributed by atoms with Crippen LogP contribution in [-0.4, -0.2) is 4.57 Å². The van der Waals surface area contributed by atoms with Gasteiger partial charge in [0.05, 0.1) is 11.0 Å². The SMILES string of the molecule is c1cc(-c2ccc3c(c2)oc2c4ccccc4ccc32)cc(N(c2ccc(-c3cccc(-n4c5ccccc5c5ccccc54)c3)cc2)c2ccc(-c3cc4ccccc4c4ccccc34)cc2)c1. The number of benzene rings is 12. The average Bonchev–Trinajstić information content (AvgIpc) is 3.97. The van der Waals surface area contributed by atoms with Crippen molar-refractivity contribution in [2.75, 3.05) is 4.90 Å². The molecule has 0 bridgehead atoms. The topological polar surface area (TPSA) is 21.3 Å². The molecule has 3 nitrogen and oxygen atoms in total. The summed E-state index contributed by atoms with van der Waals surface area (Å²) >= 11 is 0. The fraction of sp³-hybridized carbons (Fsp3) is 0. The Labute approximate surface area is 399 Å². The third-order valence-corrected chi connectivity index (χ3v) is 14.1. The van der Waals surface area contributed by atoms with Gasteiger partial charge < -0.3 is 13.9 Å². The summed E-state index contributed by atoms with van der Waals surface area (Å²) in [4.78, 5) is 2.37. The van der Waals surface area contributed by atoms with E-state index in [0.717, 1.165) is 72.3 Å². The van der Waals surface area contributed by atoms with Crippen molar-refractivity contribution < 1.29 is 4.42 Å². The molecule has 12 aromatic carbocycles. The maximum absolute atomic E-state index is 6.64. The Morgan fingerprint density at radius 3 is 1.58 bits per heavy atom. The average molecular weight is 879 g/mol. The number of para-hydroxylation sites is 2. The van der Waals surface area contributed by atoms with Gasteiger partial charge in [-0.15, -0.1) is 0 Å². The summed E-state index contributed by atoms with van der Waals surface area (Å²) in [5.41, 5.74) is 15.5. The number of hydrogen-bond donors (Lipinski definition) is 0. The molecule has 2 heterocycles. The lowest BCUT2D eigenvalue weighted by atomic mass is 9.93. The monoisotopic (exact) mass is 878 g/mol. The molecule has 0 amide bonds. The lowest BCUT2D eigenvalue weighted by molar-refractivity contribution is 0.673. The highest BCUT2D eigenvalue weighted by Crippen LogP contribution is 2.42. The van der Waals surface area contributed by atoms with E-state index < -0.39 is 0 Å². The highest BCUT2D eigenvalue weighted by Gasteiger charge is 2.18. The van der Waals surface area contributed by atoms with E-state index >= 15 is 0 Å². The molecular weight excluding hydrogens is 837 g/mol. The molecule has 14 aromatic rings.